The van der Waals surface area contributed by atoms with Gasteiger partial charge in [-0.2, -0.15) is 0 Å². The zero-order chi connectivity index (χ0) is 15.4. The van der Waals surface area contributed by atoms with E-state index in [-0.39, 0.29) is 24.8 Å². The first kappa shape index (κ1) is 14.8. The molecule has 0 radical (unpaired) electrons. The quantitative estimate of drug-likeness (QED) is 0.811. The number of hydrogen-bond acceptors (Lipinski definition) is 4. The molecule has 4 nitrogen and oxygen atoms in total. The summed E-state index contributed by atoms with van der Waals surface area (Å²) in [6, 6.07) is 19.9. The highest BCUT2D eigenvalue weighted by atomic mass is 16.7. The van der Waals surface area contributed by atoms with Crippen molar-refractivity contribution in [2.24, 2.45) is 0 Å². The van der Waals surface area contributed by atoms with Crippen LogP contribution in [0.15, 0.2) is 60.7 Å². The fourth-order valence-corrected chi connectivity index (χ4v) is 2.56. The topological polar surface area (TPSA) is 44.8 Å². The van der Waals surface area contributed by atoms with Gasteiger partial charge in [-0.25, -0.2) is 0 Å². The molecule has 114 valence electrons. The Balaban J connectivity index is 1.82. The van der Waals surface area contributed by atoms with Crippen molar-refractivity contribution in [3.8, 4) is 0 Å². The zero-order valence-corrected chi connectivity index (χ0v) is 12.3. The van der Waals surface area contributed by atoms with Crippen LogP contribution in [0.4, 0.5) is 0 Å². The molecule has 1 aliphatic heterocycles. The lowest BCUT2D eigenvalue weighted by Crippen LogP contribution is -2.18. The van der Waals surface area contributed by atoms with Crippen LogP contribution in [0.3, 0.4) is 0 Å². The van der Waals surface area contributed by atoms with Crippen molar-refractivity contribution in [3.05, 3.63) is 71.8 Å². The van der Waals surface area contributed by atoms with Crippen LogP contribution in [0, 0.1) is 0 Å². The normalized spacial score (nSPS) is 24.1. The Hall–Kier alpha value is -2.17. The van der Waals surface area contributed by atoms with Gasteiger partial charge in [0.2, 0.25) is 0 Å². The van der Waals surface area contributed by atoms with Crippen LogP contribution >= 0.6 is 0 Å². The van der Waals surface area contributed by atoms with Crippen LogP contribution < -0.4 is 0 Å². The monoisotopic (exact) mass is 298 g/mol. The van der Waals surface area contributed by atoms with Gasteiger partial charge < -0.3 is 14.2 Å². The molecule has 2 unspecified atom stereocenters. The van der Waals surface area contributed by atoms with E-state index >= 15 is 0 Å². The van der Waals surface area contributed by atoms with Crippen LogP contribution in [-0.4, -0.2) is 18.9 Å². The molecular weight excluding hydrogens is 280 g/mol. The van der Waals surface area contributed by atoms with E-state index in [0.29, 0.717) is 0 Å². The van der Waals surface area contributed by atoms with Crippen molar-refractivity contribution in [2.45, 2.75) is 25.4 Å². The summed E-state index contributed by atoms with van der Waals surface area (Å²) in [6.45, 7) is 1.47. The summed E-state index contributed by atoms with van der Waals surface area (Å²) in [4.78, 5) is 11.0. The first-order chi connectivity index (χ1) is 10.7. The van der Waals surface area contributed by atoms with Gasteiger partial charge in [0.1, 0.15) is 18.8 Å². The van der Waals surface area contributed by atoms with Crippen molar-refractivity contribution in [1.29, 1.82) is 0 Å². The Kier molecular flexibility index (Phi) is 4.51. The van der Waals surface area contributed by atoms with Crippen LogP contribution in [0.25, 0.3) is 0 Å². The van der Waals surface area contributed by atoms with Crippen LogP contribution in [0.1, 0.15) is 30.3 Å². The minimum atomic E-state index is -0.556. The van der Waals surface area contributed by atoms with Gasteiger partial charge in [-0.05, 0) is 11.1 Å². The van der Waals surface area contributed by atoms with Crippen molar-refractivity contribution in [2.75, 3.05) is 6.61 Å². The van der Waals surface area contributed by atoms with Gasteiger partial charge in [0, 0.05) is 6.92 Å². The number of ether oxygens (including phenoxy) is 3. The van der Waals surface area contributed by atoms with Gasteiger partial charge >= 0.3 is 5.97 Å². The number of benzene rings is 2. The fourth-order valence-electron chi connectivity index (χ4n) is 2.56. The van der Waals surface area contributed by atoms with E-state index in [2.05, 4.69) is 0 Å². The van der Waals surface area contributed by atoms with E-state index in [1.54, 1.807) is 0 Å². The van der Waals surface area contributed by atoms with E-state index in [0.717, 1.165) is 11.1 Å². The molecule has 0 saturated carbocycles. The number of rotatable bonds is 4. The minimum absolute atomic E-state index is 0.0992. The third kappa shape index (κ3) is 3.35. The molecule has 3 rings (SSSR count). The SMILES string of the molecule is CC(=O)OCC1OC(c2ccccc2)C(c2ccccc2)O1. The number of esters is 1. The van der Waals surface area contributed by atoms with Gasteiger partial charge in [-0.3, -0.25) is 4.79 Å². The summed E-state index contributed by atoms with van der Waals surface area (Å²) in [5.74, 6) is -0.341. The second kappa shape index (κ2) is 6.73. The summed E-state index contributed by atoms with van der Waals surface area (Å²) in [6.07, 6.45) is -0.993. The maximum atomic E-state index is 11.0. The first-order valence-corrected chi connectivity index (χ1v) is 7.28. The van der Waals surface area contributed by atoms with Crippen molar-refractivity contribution < 1.29 is 19.0 Å². The lowest BCUT2D eigenvalue weighted by Gasteiger charge is -2.17. The molecular formula is C18H18O4. The Morgan fingerprint density at radius 3 is 1.77 bits per heavy atom. The largest absolute Gasteiger partial charge is 0.460 e. The molecule has 0 aliphatic carbocycles. The summed E-state index contributed by atoms with van der Waals surface area (Å²) >= 11 is 0. The van der Waals surface area contributed by atoms with E-state index < -0.39 is 6.29 Å². The van der Waals surface area contributed by atoms with Crippen molar-refractivity contribution in [3.63, 3.8) is 0 Å². The predicted molar refractivity (Wildman–Crippen MR) is 81.0 cm³/mol. The smallest absolute Gasteiger partial charge is 0.302 e. The third-order valence-corrected chi connectivity index (χ3v) is 3.55. The number of carbonyl (C=O) groups is 1. The average molecular weight is 298 g/mol. The third-order valence-electron chi connectivity index (χ3n) is 3.55. The molecule has 2 atom stereocenters. The molecule has 1 heterocycles. The van der Waals surface area contributed by atoms with E-state index in [4.69, 9.17) is 14.2 Å². The van der Waals surface area contributed by atoms with Gasteiger partial charge in [0.05, 0.1) is 0 Å². The molecule has 0 amide bonds. The van der Waals surface area contributed by atoms with Crippen LogP contribution in [-0.2, 0) is 19.0 Å². The van der Waals surface area contributed by atoms with E-state index in [1.807, 2.05) is 60.7 Å². The molecule has 0 N–H and O–H groups in total. The van der Waals surface area contributed by atoms with Crippen molar-refractivity contribution in [1.82, 2.24) is 0 Å². The second-order valence-corrected chi connectivity index (χ2v) is 5.17. The van der Waals surface area contributed by atoms with Crippen LogP contribution in [0.2, 0.25) is 0 Å². The highest BCUT2D eigenvalue weighted by Crippen LogP contribution is 2.42. The van der Waals surface area contributed by atoms with Crippen LogP contribution in [0.5, 0.6) is 0 Å². The summed E-state index contributed by atoms with van der Waals surface area (Å²) in [7, 11) is 0. The lowest BCUT2D eigenvalue weighted by atomic mass is 9.99. The Morgan fingerprint density at radius 2 is 1.36 bits per heavy atom. The Morgan fingerprint density at radius 1 is 0.909 bits per heavy atom. The summed E-state index contributed by atoms with van der Waals surface area (Å²) in [5, 5.41) is 0. The zero-order valence-electron chi connectivity index (χ0n) is 12.3. The molecule has 0 bridgehead atoms. The van der Waals surface area contributed by atoms with E-state index in [1.165, 1.54) is 6.92 Å². The molecule has 0 spiro atoms. The fraction of sp³-hybridized carbons (Fsp3) is 0.278. The second-order valence-electron chi connectivity index (χ2n) is 5.17. The van der Waals surface area contributed by atoms with Crippen molar-refractivity contribution >= 4 is 5.97 Å². The highest BCUT2D eigenvalue weighted by Gasteiger charge is 2.38. The molecule has 1 fully saturated rings. The summed E-state index contributed by atoms with van der Waals surface area (Å²) in [5.41, 5.74) is 2.09. The Bertz CT molecular complexity index is 564. The van der Waals surface area contributed by atoms with Gasteiger partial charge in [-0.1, -0.05) is 60.7 Å². The van der Waals surface area contributed by atoms with Gasteiger partial charge in [-0.15, -0.1) is 0 Å². The molecule has 4 heteroatoms. The highest BCUT2D eigenvalue weighted by molar-refractivity contribution is 5.65. The molecule has 1 aliphatic rings. The van der Waals surface area contributed by atoms with E-state index in [9.17, 15) is 4.79 Å². The summed E-state index contributed by atoms with van der Waals surface area (Å²) < 4.78 is 16.9. The maximum absolute atomic E-state index is 11.0. The maximum Gasteiger partial charge on any atom is 0.302 e. The minimum Gasteiger partial charge on any atom is -0.460 e. The van der Waals surface area contributed by atoms with Gasteiger partial charge in [0.15, 0.2) is 6.29 Å². The standard InChI is InChI=1S/C18H18O4/c1-13(19)20-12-16-21-17(14-8-4-2-5-9-14)18(22-16)15-10-6-3-7-11-15/h2-11,16-18H,12H2,1H3. The van der Waals surface area contributed by atoms with Gasteiger partial charge in [0.25, 0.3) is 0 Å². The Labute approximate surface area is 129 Å². The average Bonchev–Trinajstić information content (AvgIpc) is 2.99. The molecule has 0 aromatic heterocycles. The molecule has 22 heavy (non-hydrogen) atoms. The number of carbonyl (C=O) groups excluding carboxylic acids is 1. The molecule has 2 aromatic rings. The molecule has 2 aromatic carbocycles. The predicted octanol–water partition coefficient (Wildman–Crippen LogP) is 3.41. The first-order valence-electron chi connectivity index (χ1n) is 7.28. The molecule has 1 saturated heterocycles. The number of hydrogen-bond donors (Lipinski definition) is 0. The lowest BCUT2D eigenvalue weighted by molar-refractivity contribution is -0.156.